The van der Waals surface area contributed by atoms with Gasteiger partial charge in [0.25, 0.3) is 0 Å². The maximum absolute atomic E-state index is 5.49. The number of benzene rings is 3. The Hall–Kier alpha value is -3.17. The molecule has 1 aromatic heterocycles. The summed E-state index contributed by atoms with van der Waals surface area (Å²) in [6.07, 6.45) is 2.88. The molecule has 0 fully saturated rings. The highest BCUT2D eigenvalue weighted by Crippen LogP contribution is 2.30. The summed E-state index contributed by atoms with van der Waals surface area (Å²) in [5.41, 5.74) is 5.96. The zero-order chi connectivity index (χ0) is 20.1. The van der Waals surface area contributed by atoms with E-state index in [1.54, 1.807) is 7.11 Å². The molecule has 0 aliphatic carbocycles. The van der Waals surface area contributed by atoms with E-state index < -0.39 is 0 Å². The fraction of sp³-hybridized carbons (Fsp3) is 0.192. The molecule has 0 aliphatic rings. The van der Waals surface area contributed by atoms with Crippen molar-refractivity contribution in [2.45, 2.75) is 19.4 Å². The summed E-state index contributed by atoms with van der Waals surface area (Å²) >= 11 is 0. The number of fused-ring (bicyclic) bond motifs is 1. The first-order valence-electron chi connectivity index (χ1n) is 10.1. The van der Waals surface area contributed by atoms with Gasteiger partial charge in [0.15, 0.2) is 0 Å². The Morgan fingerprint density at radius 1 is 0.897 bits per heavy atom. The van der Waals surface area contributed by atoms with Crippen LogP contribution in [0.1, 0.15) is 24.1 Å². The van der Waals surface area contributed by atoms with Crippen LogP contribution in [0.2, 0.25) is 0 Å². The third-order valence-electron chi connectivity index (χ3n) is 5.41. The summed E-state index contributed by atoms with van der Waals surface area (Å²) in [5.74, 6) is 0.899. The van der Waals surface area contributed by atoms with E-state index in [4.69, 9.17) is 4.74 Å². The molecule has 3 aromatic carbocycles. The van der Waals surface area contributed by atoms with Crippen LogP contribution in [0, 0.1) is 0 Å². The molecule has 4 rings (SSSR count). The molecule has 3 heteroatoms. The van der Waals surface area contributed by atoms with Crippen molar-refractivity contribution in [3.05, 3.63) is 96.2 Å². The Bertz CT molecular complexity index is 1080. The normalized spacial score (nSPS) is 12.1. The number of rotatable bonds is 7. The van der Waals surface area contributed by atoms with Crippen LogP contribution < -0.4 is 10.1 Å². The highest BCUT2D eigenvalue weighted by atomic mass is 16.5. The molecular formula is C26H26N2O. The van der Waals surface area contributed by atoms with Gasteiger partial charge < -0.3 is 10.1 Å². The number of hydrogen-bond acceptors (Lipinski definition) is 3. The lowest BCUT2D eigenvalue weighted by atomic mass is 10.0. The van der Waals surface area contributed by atoms with Crippen molar-refractivity contribution in [1.29, 1.82) is 0 Å². The Morgan fingerprint density at radius 2 is 1.66 bits per heavy atom. The molecule has 4 aromatic rings. The molecule has 0 saturated carbocycles. The van der Waals surface area contributed by atoms with Gasteiger partial charge in [-0.05, 0) is 54.8 Å². The lowest BCUT2D eigenvalue weighted by molar-refractivity contribution is 0.416. The van der Waals surface area contributed by atoms with E-state index >= 15 is 0 Å². The highest BCUT2D eigenvalue weighted by Gasteiger charge is 2.08. The van der Waals surface area contributed by atoms with Crippen LogP contribution in [-0.4, -0.2) is 18.6 Å². The summed E-state index contributed by atoms with van der Waals surface area (Å²) in [5, 5.41) is 4.89. The molecule has 29 heavy (non-hydrogen) atoms. The number of pyridine rings is 1. The van der Waals surface area contributed by atoms with Gasteiger partial charge >= 0.3 is 0 Å². The predicted octanol–water partition coefficient (Wildman–Crippen LogP) is 5.80. The second-order valence-electron chi connectivity index (χ2n) is 7.24. The summed E-state index contributed by atoms with van der Waals surface area (Å²) in [7, 11) is 1.71. The van der Waals surface area contributed by atoms with Gasteiger partial charge in [-0.25, -0.2) is 0 Å². The Labute approximate surface area is 172 Å². The van der Waals surface area contributed by atoms with Crippen LogP contribution >= 0.6 is 0 Å². The number of nitrogens with one attached hydrogen (secondary N) is 1. The fourth-order valence-corrected chi connectivity index (χ4v) is 3.75. The number of methoxy groups -OCH3 is 1. The van der Waals surface area contributed by atoms with Gasteiger partial charge in [0.05, 0.1) is 12.6 Å². The molecule has 0 aliphatic heterocycles. The topological polar surface area (TPSA) is 34.1 Å². The Balaban J connectivity index is 1.40. The molecule has 0 amide bonds. The van der Waals surface area contributed by atoms with Crippen molar-refractivity contribution in [3.8, 4) is 16.9 Å². The minimum absolute atomic E-state index is 0.287. The van der Waals surface area contributed by atoms with E-state index in [9.17, 15) is 0 Å². The van der Waals surface area contributed by atoms with Gasteiger partial charge in [0.2, 0.25) is 0 Å². The van der Waals surface area contributed by atoms with E-state index in [-0.39, 0.29) is 6.04 Å². The van der Waals surface area contributed by atoms with Gasteiger partial charge in [-0.1, -0.05) is 60.7 Å². The van der Waals surface area contributed by atoms with Gasteiger partial charge in [-0.3, -0.25) is 4.98 Å². The van der Waals surface area contributed by atoms with E-state index in [1.807, 2.05) is 30.5 Å². The average molecular weight is 383 g/mol. The summed E-state index contributed by atoms with van der Waals surface area (Å²) in [6, 6.07) is 27.6. The van der Waals surface area contributed by atoms with Crippen LogP contribution in [0.5, 0.6) is 5.75 Å². The van der Waals surface area contributed by atoms with Crippen LogP contribution in [0.15, 0.2) is 85.1 Å². The number of aromatic nitrogens is 1. The van der Waals surface area contributed by atoms with Gasteiger partial charge in [0, 0.05) is 23.2 Å². The van der Waals surface area contributed by atoms with E-state index in [0.717, 1.165) is 29.8 Å². The SMILES string of the molecule is COc1ccccc1-c1ccc(C(C)NCCc2ccnc3ccccc23)cc1. The second-order valence-corrected chi connectivity index (χ2v) is 7.24. The lowest BCUT2D eigenvalue weighted by Crippen LogP contribution is -2.21. The maximum atomic E-state index is 5.49. The Kier molecular flexibility index (Phi) is 5.87. The first-order valence-corrected chi connectivity index (χ1v) is 10.1. The van der Waals surface area contributed by atoms with Crippen molar-refractivity contribution >= 4 is 10.9 Å². The first-order chi connectivity index (χ1) is 14.3. The molecule has 1 atom stereocenters. The molecule has 0 spiro atoms. The van der Waals surface area contributed by atoms with Crippen LogP contribution in [-0.2, 0) is 6.42 Å². The van der Waals surface area contributed by atoms with Crippen molar-refractivity contribution in [2.75, 3.05) is 13.7 Å². The zero-order valence-electron chi connectivity index (χ0n) is 16.9. The number of nitrogens with zero attached hydrogens (tertiary/aromatic N) is 1. The largest absolute Gasteiger partial charge is 0.496 e. The highest BCUT2D eigenvalue weighted by molar-refractivity contribution is 5.81. The average Bonchev–Trinajstić information content (AvgIpc) is 2.79. The van der Waals surface area contributed by atoms with Crippen LogP contribution in [0.25, 0.3) is 22.0 Å². The number of para-hydroxylation sites is 2. The first kappa shape index (κ1) is 19.2. The molecule has 1 heterocycles. The minimum Gasteiger partial charge on any atom is -0.496 e. The smallest absolute Gasteiger partial charge is 0.126 e. The maximum Gasteiger partial charge on any atom is 0.126 e. The minimum atomic E-state index is 0.287. The van der Waals surface area contributed by atoms with E-state index in [2.05, 4.69) is 71.8 Å². The van der Waals surface area contributed by atoms with Crippen molar-refractivity contribution in [1.82, 2.24) is 10.3 Å². The van der Waals surface area contributed by atoms with Gasteiger partial charge in [-0.2, -0.15) is 0 Å². The zero-order valence-corrected chi connectivity index (χ0v) is 16.9. The third-order valence-corrected chi connectivity index (χ3v) is 5.41. The summed E-state index contributed by atoms with van der Waals surface area (Å²) in [6.45, 7) is 3.13. The number of hydrogen-bond donors (Lipinski definition) is 1. The quantitative estimate of drug-likeness (QED) is 0.438. The number of ether oxygens (including phenoxy) is 1. The van der Waals surface area contributed by atoms with Crippen LogP contribution in [0.4, 0.5) is 0 Å². The van der Waals surface area contributed by atoms with Crippen molar-refractivity contribution < 1.29 is 4.74 Å². The predicted molar refractivity (Wildman–Crippen MR) is 120 cm³/mol. The molecular weight excluding hydrogens is 356 g/mol. The van der Waals surface area contributed by atoms with Gasteiger partial charge in [-0.15, -0.1) is 0 Å². The van der Waals surface area contributed by atoms with Gasteiger partial charge in [0.1, 0.15) is 5.75 Å². The molecule has 1 N–H and O–H groups in total. The summed E-state index contributed by atoms with van der Waals surface area (Å²) in [4.78, 5) is 4.45. The molecule has 146 valence electrons. The second kappa shape index (κ2) is 8.89. The molecule has 3 nitrogen and oxygen atoms in total. The lowest BCUT2D eigenvalue weighted by Gasteiger charge is -2.16. The Morgan fingerprint density at radius 3 is 2.48 bits per heavy atom. The van der Waals surface area contributed by atoms with E-state index in [1.165, 1.54) is 22.1 Å². The van der Waals surface area contributed by atoms with E-state index in [0.29, 0.717) is 0 Å². The summed E-state index contributed by atoms with van der Waals surface area (Å²) < 4.78 is 5.49. The standard InChI is InChI=1S/C26H26N2O/c1-19(27-17-15-22-16-18-28-25-9-5-3-7-23(22)25)20-11-13-21(14-12-20)24-8-4-6-10-26(24)29-2/h3-14,16,18-19,27H,15,17H2,1-2H3. The van der Waals surface area contributed by atoms with Crippen LogP contribution in [0.3, 0.4) is 0 Å². The fourth-order valence-electron chi connectivity index (χ4n) is 3.75. The monoisotopic (exact) mass is 382 g/mol. The molecule has 0 bridgehead atoms. The third kappa shape index (κ3) is 4.30. The molecule has 1 unspecified atom stereocenters. The molecule has 0 saturated heterocycles. The van der Waals surface area contributed by atoms with Crippen molar-refractivity contribution in [2.24, 2.45) is 0 Å². The van der Waals surface area contributed by atoms with Crippen molar-refractivity contribution in [3.63, 3.8) is 0 Å². The molecule has 0 radical (unpaired) electrons.